The number of aliphatic hydroxyl groups is 1. The van der Waals surface area contributed by atoms with Crippen LogP contribution in [0.25, 0.3) is 0 Å². The van der Waals surface area contributed by atoms with Gasteiger partial charge in [0.2, 0.25) is 0 Å². The van der Waals surface area contributed by atoms with E-state index in [-0.39, 0.29) is 5.97 Å². The Morgan fingerprint density at radius 3 is 2.33 bits per heavy atom. The van der Waals surface area contributed by atoms with Gasteiger partial charge in [-0.3, -0.25) is 4.90 Å². The van der Waals surface area contributed by atoms with Crippen molar-refractivity contribution in [1.82, 2.24) is 4.90 Å². The van der Waals surface area contributed by atoms with Crippen LogP contribution in [0, 0.1) is 11.3 Å². The van der Waals surface area contributed by atoms with Crippen molar-refractivity contribution in [3.63, 3.8) is 0 Å². The van der Waals surface area contributed by atoms with Crippen LogP contribution >= 0.6 is 0 Å². The van der Waals surface area contributed by atoms with Crippen molar-refractivity contribution >= 4 is 5.97 Å². The molecule has 0 radical (unpaired) electrons. The van der Waals surface area contributed by atoms with Gasteiger partial charge in [-0.1, -0.05) is 32.0 Å². The number of hydrogen-bond donors (Lipinski definition) is 1. The number of esters is 1. The lowest BCUT2D eigenvalue weighted by molar-refractivity contribution is -0.0138. The van der Waals surface area contributed by atoms with Crippen LogP contribution in [0.4, 0.5) is 0 Å². The van der Waals surface area contributed by atoms with E-state index in [1.54, 1.807) is 0 Å². The molecule has 1 aliphatic rings. The molecule has 1 unspecified atom stereocenters. The second-order valence-corrected chi connectivity index (χ2v) is 7.82. The Morgan fingerprint density at radius 2 is 1.80 bits per heavy atom. The number of rotatable bonds is 6. The molecular formula is C25H30N2O3. The quantitative estimate of drug-likeness (QED) is 0.723. The first-order valence-electron chi connectivity index (χ1n) is 10.7. The highest BCUT2D eigenvalue weighted by atomic mass is 16.5. The highest BCUT2D eigenvalue weighted by Crippen LogP contribution is 2.33. The molecule has 0 saturated carbocycles. The highest BCUT2D eigenvalue weighted by molar-refractivity contribution is 5.91. The fraction of sp³-hybridized carbons (Fsp3) is 0.440. The lowest BCUT2D eigenvalue weighted by Gasteiger charge is -2.36. The van der Waals surface area contributed by atoms with Gasteiger partial charge in [0.15, 0.2) is 0 Å². The maximum atomic E-state index is 12.3. The fourth-order valence-electron chi connectivity index (χ4n) is 4.36. The smallest absolute Gasteiger partial charge is 0.338 e. The van der Waals surface area contributed by atoms with Gasteiger partial charge in [0.25, 0.3) is 0 Å². The van der Waals surface area contributed by atoms with Gasteiger partial charge in [0.05, 0.1) is 24.3 Å². The summed E-state index contributed by atoms with van der Waals surface area (Å²) in [6.07, 6.45) is 2.69. The number of likely N-dealkylation sites (tertiary alicyclic amines) is 1. The van der Waals surface area contributed by atoms with Crippen molar-refractivity contribution in [2.75, 3.05) is 20.2 Å². The Hall–Kier alpha value is -2.68. The third kappa shape index (κ3) is 4.56. The number of carbonyl (C=O) groups excluding carboxylic acids is 1. The standard InChI is InChI=1S/C25H30N2O3/c1-4-18-14-19(5-2)23(25(29)30-3)15-22(18)24(28)27-12-10-21(11-13-27)20-8-6-17(16-26)7-9-20/h6-9,14-15,21,24,28H,4-5,10-13H2,1-3H3. The van der Waals surface area contributed by atoms with Crippen LogP contribution in [0.5, 0.6) is 0 Å². The van der Waals surface area contributed by atoms with Gasteiger partial charge in [-0.05, 0) is 72.1 Å². The molecule has 1 aliphatic heterocycles. The molecule has 158 valence electrons. The van der Waals surface area contributed by atoms with E-state index in [0.717, 1.165) is 55.5 Å². The number of aliphatic hydroxyl groups excluding tert-OH is 1. The topological polar surface area (TPSA) is 73.6 Å². The Bertz CT molecular complexity index is 923. The van der Waals surface area contributed by atoms with E-state index in [2.05, 4.69) is 17.9 Å². The van der Waals surface area contributed by atoms with Crippen LogP contribution in [0.3, 0.4) is 0 Å². The molecule has 1 heterocycles. The van der Waals surface area contributed by atoms with E-state index in [9.17, 15) is 9.90 Å². The van der Waals surface area contributed by atoms with Gasteiger partial charge in [-0.15, -0.1) is 0 Å². The number of ether oxygens (including phenoxy) is 1. The van der Waals surface area contributed by atoms with E-state index >= 15 is 0 Å². The van der Waals surface area contributed by atoms with Crippen LogP contribution in [0.2, 0.25) is 0 Å². The molecular weight excluding hydrogens is 376 g/mol. The number of hydrogen-bond acceptors (Lipinski definition) is 5. The number of carbonyl (C=O) groups is 1. The Kier molecular flexibility index (Phi) is 7.25. The molecule has 30 heavy (non-hydrogen) atoms. The van der Waals surface area contributed by atoms with Gasteiger partial charge < -0.3 is 9.84 Å². The number of nitrogens with zero attached hydrogens (tertiary/aromatic N) is 2. The van der Waals surface area contributed by atoms with Crippen molar-refractivity contribution in [3.8, 4) is 6.07 Å². The molecule has 0 bridgehead atoms. The normalized spacial score (nSPS) is 16.1. The van der Waals surface area contributed by atoms with E-state index in [1.807, 2.05) is 43.3 Å². The first-order valence-corrected chi connectivity index (χ1v) is 10.7. The first-order chi connectivity index (χ1) is 14.5. The average molecular weight is 407 g/mol. The minimum Gasteiger partial charge on any atom is -0.465 e. The summed E-state index contributed by atoms with van der Waals surface area (Å²) < 4.78 is 4.96. The van der Waals surface area contributed by atoms with E-state index in [0.29, 0.717) is 17.0 Å². The summed E-state index contributed by atoms with van der Waals surface area (Å²) in [4.78, 5) is 14.3. The maximum absolute atomic E-state index is 12.3. The highest BCUT2D eigenvalue weighted by Gasteiger charge is 2.28. The summed E-state index contributed by atoms with van der Waals surface area (Å²) in [5.74, 6) is 0.0717. The third-order valence-electron chi connectivity index (χ3n) is 6.20. The second-order valence-electron chi connectivity index (χ2n) is 7.82. The van der Waals surface area contributed by atoms with Gasteiger partial charge in [0, 0.05) is 13.1 Å². The van der Waals surface area contributed by atoms with Crippen molar-refractivity contribution in [3.05, 3.63) is 69.8 Å². The molecule has 0 amide bonds. The predicted molar refractivity (Wildman–Crippen MR) is 116 cm³/mol. The third-order valence-corrected chi connectivity index (χ3v) is 6.20. The summed E-state index contributed by atoms with van der Waals surface area (Å²) in [5, 5.41) is 20.1. The van der Waals surface area contributed by atoms with Crippen LogP contribution in [0.15, 0.2) is 36.4 Å². The lowest BCUT2D eigenvalue weighted by Crippen LogP contribution is -2.36. The molecule has 1 fully saturated rings. The van der Waals surface area contributed by atoms with Crippen LogP contribution in [-0.4, -0.2) is 36.2 Å². The Balaban J connectivity index is 1.77. The molecule has 0 aromatic heterocycles. The largest absolute Gasteiger partial charge is 0.465 e. The number of methoxy groups -OCH3 is 1. The summed E-state index contributed by atoms with van der Waals surface area (Å²) in [5.41, 5.74) is 5.29. The van der Waals surface area contributed by atoms with Crippen LogP contribution < -0.4 is 0 Å². The molecule has 3 rings (SSSR count). The zero-order chi connectivity index (χ0) is 21.7. The van der Waals surface area contributed by atoms with Gasteiger partial charge in [-0.2, -0.15) is 5.26 Å². The van der Waals surface area contributed by atoms with Crippen molar-refractivity contribution in [1.29, 1.82) is 5.26 Å². The molecule has 5 nitrogen and oxygen atoms in total. The predicted octanol–water partition coefficient (Wildman–Crippen LogP) is 4.34. The number of benzene rings is 2. The van der Waals surface area contributed by atoms with Gasteiger partial charge in [0.1, 0.15) is 6.23 Å². The SMILES string of the molecule is CCc1cc(CC)c(C(O)N2CCC(c3ccc(C#N)cc3)CC2)cc1C(=O)OC. The zero-order valence-corrected chi connectivity index (χ0v) is 18.0. The van der Waals surface area contributed by atoms with E-state index < -0.39 is 6.23 Å². The average Bonchev–Trinajstić information content (AvgIpc) is 2.82. The van der Waals surface area contributed by atoms with E-state index in [4.69, 9.17) is 10.00 Å². The Morgan fingerprint density at radius 1 is 1.17 bits per heavy atom. The monoisotopic (exact) mass is 406 g/mol. The molecule has 1 saturated heterocycles. The summed E-state index contributed by atoms with van der Waals surface area (Å²) in [6.45, 7) is 5.64. The molecule has 5 heteroatoms. The van der Waals surface area contributed by atoms with Crippen molar-refractivity contribution < 1.29 is 14.6 Å². The summed E-state index contributed by atoms with van der Waals surface area (Å²) >= 11 is 0. The number of piperidine rings is 1. The second kappa shape index (κ2) is 9.88. The molecule has 2 aromatic carbocycles. The molecule has 2 aromatic rings. The summed E-state index contributed by atoms with van der Waals surface area (Å²) in [6, 6.07) is 13.8. The van der Waals surface area contributed by atoms with Gasteiger partial charge >= 0.3 is 5.97 Å². The first kappa shape index (κ1) is 22.0. The molecule has 0 aliphatic carbocycles. The molecule has 1 N–H and O–H groups in total. The molecule has 0 spiro atoms. The summed E-state index contributed by atoms with van der Waals surface area (Å²) in [7, 11) is 1.39. The maximum Gasteiger partial charge on any atom is 0.338 e. The van der Waals surface area contributed by atoms with Crippen molar-refractivity contribution in [2.24, 2.45) is 0 Å². The molecule has 1 atom stereocenters. The van der Waals surface area contributed by atoms with Crippen LogP contribution in [-0.2, 0) is 17.6 Å². The minimum absolute atomic E-state index is 0.359. The van der Waals surface area contributed by atoms with Gasteiger partial charge in [-0.25, -0.2) is 4.79 Å². The minimum atomic E-state index is -0.740. The van der Waals surface area contributed by atoms with Crippen LogP contribution in [0.1, 0.15) is 77.0 Å². The van der Waals surface area contributed by atoms with Crippen molar-refractivity contribution in [2.45, 2.75) is 51.7 Å². The Labute approximate surface area is 178 Å². The zero-order valence-electron chi connectivity index (χ0n) is 18.0. The lowest BCUT2D eigenvalue weighted by atomic mass is 9.88. The number of nitriles is 1. The number of aryl methyl sites for hydroxylation is 2. The van der Waals surface area contributed by atoms with E-state index in [1.165, 1.54) is 12.7 Å². The fourth-order valence-corrected chi connectivity index (χ4v) is 4.36.